The lowest BCUT2D eigenvalue weighted by Gasteiger charge is -2.28. The van der Waals surface area contributed by atoms with E-state index in [4.69, 9.17) is 16.2 Å². The highest BCUT2D eigenvalue weighted by Crippen LogP contribution is 2.24. The van der Waals surface area contributed by atoms with Crippen LogP contribution in [0.4, 0.5) is 0 Å². The number of hydrogen-bond acceptors (Lipinski definition) is 12. The number of nitrogens with one attached hydrogen (secondary N) is 6. The number of H-pyrrole nitrogens is 1. The van der Waals surface area contributed by atoms with E-state index in [9.17, 15) is 38.7 Å². The molecule has 2 unspecified atom stereocenters. The minimum Gasteiger partial charge on any atom is -0.394 e. The number of hydrogen-bond donors (Lipinski definition) is 10. The van der Waals surface area contributed by atoms with E-state index in [1.807, 2.05) is 32.0 Å². The van der Waals surface area contributed by atoms with Crippen molar-refractivity contribution in [2.45, 2.75) is 127 Å². The number of rotatable bonds is 28. The summed E-state index contributed by atoms with van der Waals surface area (Å²) in [6.45, 7) is 5.30. The Hall–Kier alpha value is -5.05. The number of ether oxygens (including phenoxy) is 1. The van der Waals surface area contributed by atoms with Crippen molar-refractivity contribution in [3.05, 3.63) is 54.1 Å². The van der Waals surface area contributed by atoms with Gasteiger partial charge in [0.15, 0.2) is 0 Å². The first-order valence-corrected chi connectivity index (χ1v) is 21.9. The first-order chi connectivity index (χ1) is 29.6. The molecule has 2 aromatic rings. The predicted molar refractivity (Wildman–Crippen MR) is 234 cm³/mol. The van der Waals surface area contributed by atoms with Gasteiger partial charge in [-0.15, -0.1) is 0 Å². The zero-order valence-corrected chi connectivity index (χ0v) is 36.9. The lowest BCUT2D eigenvalue weighted by atomic mass is 10.0. The normalized spacial score (nSPS) is 17.3. The van der Waals surface area contributed by atoms with E-state index in [0.29, 0.717) is 38.1 Å². The lowest BCUT2D eigenvalue weighted by Crippen LogP contribution is -2.60. The molecule has 0 radical (unpaired) electrons. The second-order valence-corrected chi connectivity index (χ2v) is 16.4. The summed E-state index contributed by atoms with van der Waals surface area (Å²) in [5, 5.41) is 23.0. The van der Waals surface area contributed by atoms with E-state index in [0.717, 1.165) is 19.3 Å². The largest absolute Gasteiger partial charge is 0.394 e. The molecule has 7 atom stereocenters. The van der Waals surface area contributed by atoms with Gasteiger partial charge in [-0.25, -0.2) is 4.98 Å². The van der Waals surface area contributed by atoms with Gasteiger partial charge < -0.3 is 57.8 Å². The summed E-state index contributed by atoms with van der Waals surface area (Å²) < 4.78 is 6.22. The number of aliphatic hydroxyl groups is 1. The molecule has 1 saturated heterocycles. The second-order valence-electron chi connectivity index (χ2n) is 16.0. The molecule has 62 heavy (non-hydrogen) atoms. The van der Waals surface area contributed by atoms with Crippen molar-refractivity contribution in [1.29, 1.82) is 0 Å². The number of thiol groups is 1. The number of carbonyl (C=O) groups is 7. The number of unbranched alkanes of at least 4 members (excludes halogenated alkanes) is 3. The van der Waals surface area contributed by atoms with Crippen molar-refractivity contribution in [3.63, 3.8) is 0 Å². The minimum atomic E-state index is -1.48. The maximum atomic E-state index is 14.2. The Balaban J connectivity index is 1.72. The van der Waals surface area contributed by atoms with Gasteiger partial charge in [-0.3, -0.25) is 33.6 Å². The van der Waals surface area contributed by atoms with Gasteiger partial charge >= 0.3 is 0 Å². The number of aromatic nitrogens is 2. The van der Waals surface area contributed by atoms with Crippen LogP contribution in [0.2, 0.25) is 0 Å². The molecule has 3 rings (SSSR count). The monoisotopic (exact) mass is 886 g/mol. The van der Waals surface area contributed by atoms with Crippen LogP contribution in [-0.2, 0) is 51.1 Å². The molecule has 0 aliphatic carbocycles. The molecular weight excluding hydrogens is 821 g/mol. The molecule has 1 fully saturated rings. The molecule has 1 aromatic heterocycles. The number of likely N-dealkylation sites (tertiary alicyclic amines) is 1. The highest BCUT2D eigenvalue weighted by atomic mass is 32.1. The Morgan fingerprint density at radius 3 is 2.24 bits per heavy atom. The van der Waals surface area contributed by atoms with Crippen molar-refractivity contribution in [2.24, 2.45) is 17.4 Å². The first kappa shape index (κ1) is 51.3. The first-order valence-electron chi connectivity index (χ1n) is 21.3. The summed E-state index contributed by atoms with van der Waals surface area (Å²) in [4.78, 5) is 100. The summed E-state index contributed by atoms with van der Waals surface area (Å²) in [5.41, 5.74) is 12.6. The molecule has 2 heterocycles. The molecule has 11 N–H and O–H groups in total. The third-order valence-electron chi connectivity index (χ3n) is 10.4. The second kappa shape index (κ2) is 27.1. The van der Waals surface area contributed by atoms with Gasteiger partial charge in [0.25, 0.3) is 0 Å². The van der Waals surface area contributed by atoms with Gasteiger partial charge in [0.2, 0.25) is 41.4 Å². The number of aromatic amines is 1. The summed E-state index contributed by atoms with van der Waals surface area (Å²) in [6, 6.07) is 3.49. The Morgan fingerprint density at radius 1 is 0.903 bits per heavy atom. The maximum absolute atomic E-state index is 14.2. The summed E-state index contributed by atoms with van der Waals surface area (Å²) in [6.07, 6.45) is 7.26. The molecule has 20 heteroatoms. The fraction of sp³-hybridized carbons (Fsp3) is 0.619. The lowest BCUT2D eigenvalue weighted by molar-refractivity contribution is -0.140. The van der Waals surface area contributed by atoms with Crippen molar-refractivity contribution >= 4 is 54.0 Å². The van der Waals surface area contributed by atoms with Gasteiger partial charge in [-0.2, -0.15) is 12.6 Å². The van der Waals surface area contributed by atoms with Gasteiger partial charge in [0, 0.05) is 56.6 Å². The highest BCUT2D eigenvalue weighted by Gasteiger charge is 2.41. The molecule has 1 aromatic carbocycles. The topological polar surface area (TPSA) is 293 Å². The number of benzene rings is 1. The number of nitrogens with zero attached hydrogens (tertiary/aromatic N) is 2. The quantitative estimate of drug-likeness (QED) is 0.0380. The average Bonchev–Trinajstić information content (AvgIpc) is 3.93. The number of carbonyl (C=O) groups excluding carboxylic acids is 7. The van der Waals surface area contributed by atoms with E-state index in [2.05, 4.69) is 61.3 Å². The van der Waals surface area contributed by atoms with Gasteiger partial charge in [-0.1, -0.05) is 50.6 Å². The van der Waals surface area contributed by atoms with Crippen molar-refractivity contribution < 1.29 is 43.4 Å². The zero-order chi connectivity index (χ0) is 45.6. The highest BCUT2D eigenvalue weighted by molar-refractivity contribution is 7.80. The van der Waals surface area contributed by atoms with Crippen LogP contribution in [0.3, 0.4) is 0 Å². The number of nitrogens with two attached hydrogens (primary N) is 2. The van der Waals surface area contributed by atoms with E-state index in [1.54, 1.807) is 0 Å². The van der Waals surface area contributed by atoms with E-state index < -0.39 is 78.5 Å². The molecule has 0 bridgehead atoms. The SMILES string of the molecule is CC(C)C[C@H](NC(=O)[C@@H]1C[C@@H](OCCCCc2ccccc2)CN1C(=O)CCCCCNC(=O)C(N)CS)C(=O)N[C@@H](Cc1cnc[nH]1)C(=O)NC(CO)C(=O)N[C@@H](C)C(N)=O. The van der Waals surface area contributed by atoms with Crippen LogP contribution in [0.1, 0.15) is 83.4 Å². The Bertz CT molecular complexity index is 1740. The Kier molecular flexibility index (Phi) is 22.4. The molecule has 1 aliphatic heterocycles. The van der Waals surface area contributed by atoms with Crippen LogP contribution in [0.5, 0.6) is 0 Å². The molecule has 0 saturated carbocycles. The molecule has 19 nitrogen and oxygen atoms in total. The number of primary amides is 1. The number of aryl methyl sites for hydroxylation is 1. The molecular formula is C42H66N10O9S. The Labute approximate surface area is 368 Å². The van der Waals surface area contributed by atoms with E-state index >= 15 is 0 Å². The third-order valence-corrected chi connectivity index (χ3v) is 10.8. The van der Waals surface area contributed by atoms with Crippen LogP contribution in [-0.4, -0.2) is 136 Å². The minimum absolute atomic E-state index is 0.0904. The summed E-state index contributed by atoms with van der Waals surface area (Å²) in [7, 11) is 0. The number of aliphatic hydroxyl groups excluding tert-OH is 1. The standard InChI is InChI=1S/C42H66N10O9S/c1-26(2)18-32(39(57)49-33(19-29-21-45-25-47-29)40(58)51-34(23-53)41(59)48-27(3)37(44)55)50-42(60)35-20-30(61-17-11-9-14-28-12-6-4-7-13-28)22-52(35)36(54)15-8-5-10-16-46-38(56)31(43)24-62/h4,6-7,12-13,21,25-27,30-35,53,62H,5,8-11,14-20,22-24,43H2,1-3H3,(H2,44,55)(H,45,47)(H,46,56)(H,48,59)(H,49,57)(H,50,60)(H,51,58)/t27-,30+,31?,32-,33-,34?,35-/m0/s1. The average molecular weight is 887 g/mol. The van der Waals surface area contributed by atoms with Crippen molar-refractivity contribution in [1.82, 2.24) is 41.5 Å². The molecule has 1 aliphatic rings. The maximum Gasteiger partial charge on any atom is 0.245 e. The number of amides is 7. The van der Waals surface area contributed by atoms with Crippen molar-refractivity contribution in [2.75, 3.05) is 32.1 Å². The van der Waals surface area contributed by atoms with Crippen molar-refractivity contribution in [3.8, 4) is 0 Å². The van der Waals surface area contributed by atoms with Gasteiger partial charge in [-0.05, 0) is 56.9 Å². The summed E-state index contributed by atoms with van der Waals surface area (Å²) >= 11 is 4.04. The van der Waals surface area contributed by atoms with Gasteiger partial charge in [0.05, 0.1) is 25.1 Å². The fourth-order valence-electron chi connectivity index (χ4n) is 6.84. The zero-order valence-electron chi connectivity index (χ0n) is 36.0. The summed E-state index contributed by atoms with van der Waals surface area (Å²) in [5.74, 6) is -4.15. The Morgan fingerprint density at radius 2 is 1.60 bits per heavy atom. The van der Waals surface area contributed by atoms with E-state index in [1.165, 1.54) is 29.9 Å². The van der Waals surface area contributed by atoms with Crippen LogP contribution in [0, 0.1) is 5.92 Å². The van der Waals surface area contributed by atoms with Crippen LogP contribution >= 0.6 is 12.6 Å². The molecule has 0 spiro atoms. The predicted octanol–water partition coefficient (Wildman–Crippen LogP) is -0.622. The van der Waals surface area contributed by atoms with Crippen LogP contribution in [0.25, 0.3) is 0 Å². The van der Waals surface area contributed by atoms with Gasteiger partial charge in [0.1, 0.15) is 30.2 Å². The number of imidazole rings is 1. The molecule has 344 valence electrons. The third kappa shape index (κ3) is 17.7. The van der Waals surface area contributed by atoms with Crippen LogP contribution in [0.15, 0.2) is 42.9 Å². The molecule has 7 amide bonds. The van der Waals surface area contributed by atoms with Crippen LogP contribution < -0.4 is 38.1 Å². The fourth-order valence-corrected chi connectivity index (χ4v) is 7.00. The van der Waals surface area contributed by atoms with E-state index in [-0.39, 0.29) is 55.7 Å². The smallest absolute Gasteiger partial charge is 0.245 e.